The van der Waals surface area contributed by atoms with E-state index in [4.69, 9.17) is 0 Å². The lowest BCUT2D eigenvalue weighted by atomic mass is 10.00. The Kier molecular flexibility index (Phi) is 7.56. The minimum atomic E-state index is -3.22. The van der Waals surface area contributed by atoms with Crippen LogP contribution in [-0.4, -0.2) is 36.9 Å². The molecule has 140 valence electrons. The topological polar surface area (TPSA) is 112 Å². The van der Waals surface area contributed by atoms with Gasteiger partial charge < -0.3 is 9.67 Å². The Bertz CT molecular complexity index is 907. The normalized spacial score (nSPS) is 10.6. The summed E-state index contributed by atoms with van der Waals surface area (Å²) in [6.45, 7) is 4.29. The molecule has 8 heteroatoms. The van der Waals surface area contributed by atoms with Crippen molar-refractivity contribution < 1.29 is 18.3 Å². The first-order valence-electron chi connectivity index (χ1n) is 8.09. The Hall–Kier alpha value is -2.63. The molecule has 0 radical (unpaired) electrons. The molecule has 0 aliphatic carbocycles. The first kappa shape index (κ1) is 21.4. The Morgan fingerprint density at radius 1 is 1.27 bits per heavy atom. The summed E-state index contributed by atoms with van der Waals surface area (Å²) in [5.41, 5.74) is 2.26. The van der Waals surface area contributed by atoms with Gasteiger partial charge in [-0.3, -0.25) is 0 Å². The molecule has 26 heavy (non-hydrogen) atoms. The Morgan fingerprint density at radius 2 is 1.85 bits per heavy atom. The van der Waals surface area contributed by atoms with E-state index in [0.29, 0.717) is 23.1 Å². The molecule has 0 aliphatic heterocycles. The zero-order valence-electron chi connectivity index (χ0n) is 15.3. The van der Waals surface area contributed by atoms with E-state index in [1.54, 1.807) is 31.3 Å². The molecule has 0 atom stereocenters. The molecule has 0 saturated carbocycles. The minimum absolute atomic E-state index is 0.0537. The maximum Gasteiger partial charge on any atom is 0.353 e. The zero-order valence-corrected chi connectivity index (χ0v) is 16.1. The molecule has 0 saturated heterocycles. The van der Waals surface area contributed by atoms with Crippen molar-refractivity contribution in [3.8, 4) is 17.2 Å². The molecular formula is C18H23N3O4S. The van der Waals surface area contributed by atoms with Crippen molar-refractivity contribution in [2.45, 2.75) is 20.3 Å². The summed E-state index contributed by atoms with van der Waals surface area (Å²) in [6.07, 6.45) is 3.10. The molecular weight excluding hydrogens is 354 g/mol. The number of aromatic carboxylic acids is 1. The van der Waals surface area contributed by atoms with Gasteiger partial charge in [-0.1, -0.05) is 38.1 Å². The molecule has 2 rings (SSSR count). The van der Waals surface area contributed by atoms with Gasteiger partial charge in [0.25, 0.3) is 0 Å². The summed E-state index contributed by atoms with van der Waals surface area (Å²) in [4.78, 5) is 11.5. The van der Waals surface area contributed by atoms with Crippen LogP contribution in [0.5, 0.6) is 0 Å². The first-order chi connectivity index (χ1) is 12.2. The van der Waals surface area contributed by atoms with Crippen LogP contribution in [0, 0.1) is 11.3 Å². The fraction of sp³-hybridized carbons (Fsp3) is 0.333. The van der Waals surface area contributed by atoms with Gasteiger partial charge in [-0.05, 0) is 17.5 Å². The summed E-state index contributed by atoms with van der Waals surface area (Å²) >= 11 is 0. The van der Waals surface area contributed by atoms with Crippen LogP contribution < -0.4 is 4.72 Å². The van der Waals surface area contributed by atoms with Gasteiger partial charge in [-0.15, -0.1) is 0 Å². The van der Waals surface area contributed by atoms with Crippen molar-refractivity contribution >= 4 is 16.0 Å². The molecule has 0 amide bonds. The number of sulfonamides is 1. The number of hydrogen-bond acceptors (Lipinski definition) is 4. The van der Waals surface area contributed by atoms with Gasteiger partial charge >= 0.3 is 5.97 Å². The summed E-state index contributed by atoms with van der Waals surface area (Å²) < 4.78 is 25.9. The highest BCUT2D eigenvalue weighted by Crippen LogP contribution is 2.29. The molecule has 7 nitrogen and oxygen atoms in total. The molecule has 1 aromatic carbocycles. The monoisotopic (exact) mass is 377 g/mol. The van der Waals surface area contributed by atoms with E-state index in [1.165, 1.54) is 10.8 Å². The molecule has 2 N–H and O–H groups in total. The highest BCUT2D eigenvalue weighted by atomic mass is 32.2. The Morgan fingerprint density at radius 3 is 2.31 bits per heavy atom. The number of carboxylic acid groups (broad SMARTS) is 1. The SMILES string of the molecule is CC.Cn1cc(C#N)c(-c2ccc(CCNS(C)(=O)=O)cc2)c1C(=O)O. The van der Waals surface area contributed by atoms with Crippen molar-refractivity contribution in [2.24, 2.45) is 7.05 Å². The highest BCUT2D eigenvalue weighted by molar-refractivity contribution is 7.88. The quantitative estimate of drug-likeness (QED) is 0.802. The van der Waals surface area contributed by atoms with Crippen LogP contribution in [0.15, 0.2) is 30.5 Å². The van der Waals surface area contributed by atoms with E-state index in [2.05, 4.69) is 4.72 Å². The molecule has 1 aromatic heterocycles. The smallest absolute Gasteiger partial charge is 0.353 e. The van der Waals surface area contributed by atoms with Crippen LogP contribution in [0.4, 0.5) is 0 Å². The van der Waals surface area contributed by atoms with E-state index in [-0.39, 0.29) is 12.2 Å². The number of rotatable bonds is 6. The number of aryl methyl sites for hydroxylation is 1. The van der Waals surface area contributed by atoms with E-state index in [0.717, 1.165) is 11.8 Å². The van der Waals surface area contributed by atoms with Crippen molar-refractivity contribution in [3.05, 3.63) is 47.3 Å². The molecule has 2 aromatic rings. The molecule has 0 fully saturated rings. The maximum absolute atomic E-state index is 11.5. The standard InChI is InChI=1S/C16H17N3O4S.C2H6/c1-19-10-13(9-17)14(15(19)16(20)21)12-5-3-11(4-6-12)7-8-18-24(2,22)23;1-2/h3-6,10,18H,7-8H2,1-2H3,(H,20,21);1-2H3. The van der Waals surface area contributed by atoms with E-state index >= 15 is 0 Å². The van der Waals surface area contributed by atoms with Gasteiger partial charge in [0, 0.05) is 25.4 Å². The largest absolute Gasteiger partial charge is 0.477 e. The average molecular weight is 377 g/mol. The summed E-state index contributed by atoms with van der Waals surface area (Å²) in [6, 6.07) is 9.07. The number of nitrogens with zero attached hydrogens (tertiary/aromatic N) is 2. The second-order valence-electron chi connectivity index (χ2n) is 5.41. The number of aromatic nitrogens is 1. The highest BCUT2D eigenvalue weighted by Gasteiger charge is 2.21. The maximum atomic E-state index is 11.5. The number of nitriles is 1. The van der Waals surface area contributed by atoms with E-state index < -0.39 is 16.0 Å². The minimum Gasteiger partial charge on any atom is -0.477 e. The average Bonchev–Trinajstić information content (AvgIpc) is 2.93. The summed E-state index contributed by atoms with van der Waals surface area (Å²) in [5, 5.41) is 18.6. The van der Waals surface area contributed by atoms with Gasteiger partial charge in [-0.2, -0.15) is 5.26 Å². The third-order valence-electron chi connectivity index (χ3n) is 3.53. The van der Waals surface area contributed by atoms with Crippen LogP contribution in [-0.2, 0) is 23.5 Å². The fourth-order valence-electron chi connectivity index (χ4n) is 2.48. The lowest BCUT2D eigenvalue weighted by Gasteiger charge is -2.06. The molecule has 0 spiro atoms. The second-order valence-corrected chi connectivity index (χ2v) is 7.24. The Balaban J connectivity index is 0.00000163. The van der Waals surface area contributed by atoms with Gasteiger partial charge in [0.1, 0.15) is 11.8 Å². The van der Waals surface area contributed by atoms with E-state index in [9.17, 15) is 23.6 Å². The second kappa shape index (κ2) is 9.17. The number of hydrogen-bond donors (Lipinski definition) is 2. The number of benzene rings is 1. The lowest BCUT2D eigenvalue weighted by Crippen LogP contribution is -2.24. The van der Waals surface area contributed by atoms with Crippen molar-refractivity contribution in [1.82, 2.24) is 9.29 Å². The van der Waals surface area contributed by atoms with Gasteiger partial charge in [0.2, 0.25) is 10.0 Å². The van der Waals surface area contributed by atoms with Crippen LogP contribution in [0.1, 0.15) is 35.5 Å². The van der Waals surface area contributed by atoms with Gasteiger partial charge in [-0.25, -0.2) is 17.9 Å². The molecule has 1 heterocycles. The van der Waals surface area contributed by atoms with Crippen molar-refractivity contribution in [2.75, 3.05) is 12.8 Å². The van der Waals surface area contributed by atoms with Gasteiger partial charge in [0.15, 0.2) is 0 Å². The van der Waals surface area contributed by atoms with Crippen molar-refractivity contribution in [3.63, 3.8) is 0 Å². The first-order valence-corrected chi connectivity index (χ1v) is 9.98. The summed E-state index contributed by atoms with van der Waals surface area (Å²) in [5.74, 6) is -1.10. The van der Waals surface area contributed by atoms with Crippen LogP contribution in [0.3, 0.4) is 0 Å². The fourth-order valence-corrected chi connectivity index (χ4v) is 2.95. The zero-order chi connectivity index (χ0) is 19.9. The third-order valence-corrected chi connectivity index (χ3v) is 4.25. The predicted molar refractivity (Wildman–Crippen MR) is 100 cm³/mol. The predicted octanol–water partition coefficient (Wildman–Crippen LogP) is 2.38. The van der Waals surface area contributed by atoms with Crippen LogP contribution >= 0.6 is 0 Å². The molecule has 0 aliphatic rings. The number of nitrogens with one attached hydrogen (secondary N) is 1. The lowest BCUT2D eigenvalue weighted by molar-refractivity contribution is 0.0687. The van der Waals surface area contributed by atoms with Gasteiger partial charge in [0.05, 0.1) is 11.8 Å². The van der Waals surface area contributed by atoms with Crippen LogP contribution in [0.25, 0.3) is 11.1 Å². The van der Waals surface area contributed by atoms with E-state index in [1.807, 2.05) is 19.9 Å². The van der Waals surface area contributed by atoms with Crippen LogP contribution in [0.2, 0.25) is 0 Å². The van der Waals surface area contributed by atoms with Crippen molar-refractivity contribution in [1.29, 1.82) is 5.26 Å². The molecule has 0 bridgehead atoms. The molecule has 0 unspecified atom stereocenters. The number of carboxylic acids is 1. The summed E-state index contributed by atoms with van der Waals surface area (Å²) in [7, 11) is -1.64. The number of carbonyl (C=O) groups is 1. The third kappa shape index (κ3) is 5.44. The Labute approximate surface area is 153 Å².